The number of anilines is 1. The Morgan fingerprint density at radius 3 is 2.35 bits per heavy atom. The molecule has 0 fully saturated rings. The SMILES string of the molecule is C=C/C(=C\C=C/C)S(=O)(=NC(=O)Nc1ccc(C)cc1)c1ccccc1. The summed E-state index contributed by atoms with van der Waals surface area (Å²) in [4.78, 5) is 13.3. The van der Waals surface area contributed by atoms with Crippen LogP contribution in [0.3, 0.4) is 0 Å². The highest BCUT2D eigenvalue weighted by Gasteiger charge is 2.18. The topological polar surface area (TPSA) is 58.5 Å². The maximum absolute atomic E-state index is 13.7. The molecule has 0 spiro atoms. The number of benzene rings is 2. The Bertz CT molecular complexity index is 949. The maximum Gasteiger partial charge on any atom is 0.354 e. The molecule has 5 heteroatoms. The zero-order valence-corrected chi connectivity index (χ0v) is 15.7. The molecule has 2 aromatic rings. The van der Waals surface area contributed by atoms with Crippen LogP contribution in [0.5, 0.6) is 0 Å². The van der Waals surface area contributed by atoms with Gasteiger partial charge in [0.25, 0.3) is 0 Å². The van der Waals surface area contributed by atoms with E-state index >= 15 is 0 Å². The van der Waals surface area contributed by atoms with Gasteiger partial charge in [-0.2, -0.15) is 0 Å². The number of rotatable bonds is 5. The standard InChI is InChI=1S/C21H22N2O2S/c1-4-6-10-19(5-2)26(25,20-11-8-7-9-12-20)23-21(24)22-18-15-13-17(3)14-16-18/h4-16H,2H2,1,3H3,(H,22,24)/b6-4-,19-10+. The molecule has 0 aliphatic heterocycles. The highest BCUT2D eigenvalue weighted by molar-refractivity contribution is 7.98. The summed E-state index contributed by atoms with van der Waals surface area (Å²) in [6.07, 6.45) is 6.68. The summed E-state index contributed by atoms with van der Waals surface area (Å²) in [5.41, 5.74) is 1.67. The Morgan fingerprint density at radius 1 is 1.12 bits per heavy atom. The van der Waals surface area contributed by atoms with Crippen molar-refractivity contribution in [1.82, 2.24) is 0 Å². The molecule has 0 heterocycles. The average molecular weight is 366 g/mol. The quantitative estimate of drug-likeness (QED) is 0.690. The van der Waals surface area contributed by atoms with E-state index in [9.17, 15) is 9.00 Å². The molecule has 0 saturated heterocycles. The molecule has 1 N–H and O–H groups in total. The number of nitrogens with one attached hydrogen (secondary N) is 1. The highest BCUT2D eigenvalue weighted by Crippen LogP contribution is 2.24. The van der Waals surface area contributed by atoms with Gasteiger partial charge in [-0.05, 0) is 44.2 Å². The summed E-state index contributed by atoms with van der Waals surface area (Å²) in [6.45, 7) is 7.54. The van der Waals surface area contributed by atoms with Crippen LogP contribution in [0.15, 0.2) is 99.6 Å². The van der Waals surface area contributed by atoms with E-state index in [0.717, 1.165) is 5.56 Å². The van der Waals surface area contributed by atoms with Gasteiger partial charge in [-0.3, -0.25) is 0 Å². The summed E-state index contributed by atoms with van der Waals surface area (Å²) in [5, 5.41) is 2.67. The minimum absolute atomic E-state index is 0.376. The van der Waals surface area contributed by atoms with Crippen molar-refractivity contribution in [2.24, 2.45) is 4.36 Å². The molecule has 2 rings (SSSR count). The van der Waals surface area contributed by atoms with Crippen molar-refractivity contribution in [3.05, 3.63) is 95.9 Å². The Kier molecular flexibility index (Phi) is 6.69. The Balaban J connectivity index is 2.51. The number of urea groups is 1. The molecule has 0 bridgehead atoms. The van der Waals surface area contributed by atoms with Crippen molar-refractivity contribution >= 4 is 21.4 Å². The zero-order valence-electron chi connectivity index (χ0n) is 14.9. The summed E-state index contributed by atoms with van der Waals surface area (Å²) in [7, 11) is -3.15. The number of aryl methyl sites for hydroxylation is 1. The number of amides is 2. The van der Waals surface area contributed by atoms with Crippen LogP contribution in [0.4, 0.5) is 10.5 Å². The Labute approximate surface area is 155 Å². The second-order valence-corrected chi connectivity index (χ2v) is 7.70. The Hall–Kier alpha value is -2.92. The Morgan fingerprint density at radius 2 is 1.77 bits per heavy atom. The van der Waals surface area contributed by atoms with Crippen molar-refractivity contribution in [2.45, 2.75) is 18.7 Å². The lowest BCUT2D eigenvalue weighted by Gasteiger charge is -2.11. The number of hydrogen-bond donors (Lipinski definition) is 1. The zero-order chi connectivity index (χ0) is 19.0. The second-order valence-electron chi connectivity index (χ2n) is 5.53. The van der Waals surface area contributed by atoms with E-state index < -0.39 is 15.8 Å². The first kappa shape index (κ1) is 19.4. The van der Waals surface area contributed by atoms with Gasteiger partial charge in [0.15, 0.2) is 0 Å². The van der Waals surface area contributed by atoms with Crippen LogP contribution < -0.4 is 5.32 Å². The first-order chi connectivity index (χ1) is 12.5. The molecule has 0 aliphatic rings. The third kappa shape index (κ3) is 4.80. The van der Waals surface area contributed by atoms with E-state index in [4.69, 9.17) is 0 Å². The number of carbonyl (C=O) groups excluding carboxylic acids is 1. The van der Waals surface area contributed by atoms with E-state index in [1.165, 1.54) is 6.08 Å². The molecule has 1 unspecified atom stereocenters. The van der Waals surface area contributed by atoms with E-state index in [0.29, 0.717) is 15.5 Å². The third-order valence-electron chi connectivity index (χ3n) is 3.55. The largest absolute Gasteiger partial charge is 0.354 e. The predicted octanol–water partition coefficient (Wildman–Crippen LogP) is 5.70. The van der Waals surface area contributed by atoms with Crippen LogP contribution in [0.25, 0.3) is 0 Å². The van der Waals surface area contributed by atoms with Gasteiger partial charge in [0.1, 0.15) is 9.73 Å². The van der Waals surface area contributed by atoms with Crippen LogP contribution >= 0.6 is 0 Å². The van der Waals surface area contributed by atoms with Crippen LogP contribution in [-0.2, 0) is 9.73 Å². The molecule has 1 atom stereocenters. The van der Waals surface area contributed by atoms with Gasteiger partial charge in [-0.1, -0.05) is 60.7 Å². The normalized spacial score (nSPS) is 13.8. The first-order valence-corrected chi connectivity index (χ1v) is 9.66. The molecule has 0 radical (unpaired) electrons. The van der Waals surface area contributed by atoms with Crippen LogP contribution in [-0.4, -0.2) is 10.2 Å². The molecule has 2 amide bonds. The molecule has 2 aromatic carbocycles. The maximum atomic E-state index is 13.7. The fourth-order valence-electron chi connectivity index (χ4n) is 2.21. The van der Waals surface area contributed by atoms with Gasteiger partial charge in [0.2, 0.25) is 0 Å². The minimum atomic E-state index is -3.15. The van der Waals surface area contributed by atoms with Gasteiger partial charge >= 0.3 is 6.03 Å². The number of nitrogens with zero attached hydrogens (tertiary/aromatic N) is 1. The number of hydrogen-bond acceptors (Lipinski definition) is 2. The van der Waals surface area contributed by atoms with Gasteiger partial charge in [-0.15, -0.1) is 4.36 Å². The second kappa shape index (κ2) is 8.97. The van der Waals surface area contributed by atoms with Gasteiger partial charge < -0.3 is 5.32 Å². The van der Waals surface area contributed by atoms with Crippen molar-refractivity contribution in [2.75, 3.05) is 5.32 Å². The molecular formula is C21H22N2O2S. The van der Waals surface area contributed by atoms with Crippen LogP contribution in [0, 0.1) is 6.92 Å². The predicted molar refractivity (Wildman–Crippen MR) is 109 cm³/mol. The van der Waals surface area contributed by atoms with Gasteiger partial charge in [0.05, 0.1) is 9.80 Å². The van der Waals surface area contributed by atoms with E-state index in [-0.39, 0.29) is 0 Å². The summed E-state index contributed by atoms with van der Waals surface area (Å²) < 4.78 is 17.7. The highest BCUT2D eigenvalue weighted by atomic mass is 32.2. The monoisotopic (exact) mass is 366 g/mol. The minimum Gasteiger partial charge on any atom is -0.306 e. The van der Waals surface area contributed by atoms with Crippen LogP contribution in [0.1, 0.15) is 12.5 Å². The van der Waals surface area contributed by atoms with Crippen molar-refractivity contribution in [1.29, 1.82) is 0 Å². The fraction of sp³-hybridized carbons (Fsp3) is 0.0952. The van der Waals surface area contributed by atoms with Crippen LogP contribution in [0.2, 0.25) is 0 Å². The summed E-state index contributed by atoms with van der Waals surface area (Å²) in [5.74, 6) is 0. The molecule has 26 heavy (non-hydrogen) atoms. The molecule has 0 aromatic heterocycles. The lowest BCUT2D eigenvalue weighted by molar-refractivity contribution is 0.260. The lowest BCUT2D eigenvalue weighted by atomic mass is 10.2. The van der Waals surface area contributed by atoms with Crippen molar-refractivity contribution < 1.29 is 9.00 Å². The number of carbonyl (C=O) groups is 1. The molecule has 0 aliphatic carbocycles. The average Bonchev–Trinajstić information content (AvgIpc) is 2.65. The number of allylic oxidation sites excluding steroid dienone is 4. The van der Waals surface area contributed by atoms with Crippen molar-refractivity contribution in [3.8, 4) is 0 Å². The molecule has 134 valence electrons. The lowest BCUT2D eigenvalue weighted by Crippen LogP contribution is -2.12. The summed E-state index contributed by atoms with van der Waals surface area (Å²) >= 11 is 0. The van der Waals surface area contributed by atoms with E-state index in [1.807, 2.05) is 32.0 Å². The van der Waals surface area contributed by atoms with Crippen molar-refractivity contribution in [3.63, 3.8) is 0 Å². The molecular weight excluding hydrogens is 344 g/mol. The van der Waals surface area contributed by atoms with Gasteiger partial charge in [0, 0.05) is 5.69 Å². The van der Waals surface area contributed by atoms with Gasteiger partial charge in [-0.25, -0.2) is 9.00 Å². The fourth-order valence-corrected chi connectivity index (χ4v) is 3.99. The van der Waals surface area contributed by atoms with E-state index in [2.05, 4.69) is 16.3 Å². The third-order valence-corrected chi connectivity index (χ3v) is 5.83. The molecule has 4 nitrogen and oxygen atoms in total. The smallest absolute Gasteiger partial charge is 0.306 e. The summed E-state index contributed by atoms with van der Waals surface area (Å²) in [6, 6.07) is 15.4. The first-order valence-electron chi connectivity index (χ1n) is 8.15. The van der Waals surface area contributed by atoms with E-state index in [1.54, 1.807) is 54.6 Å². The molecule has 0 saturated carbocycles.